The van der Waals surface area contributed by atoms with Crippen molar-refractivity contribution >= 4 is 61.5 Å². The van der Waals surface area contributed by atoms with Crippen molar-refractivity contribution in [1.29, 1.82) is 0 Å². The number of hydrogen-bond acceptors (Lipinski definition) is 4. The van der Waals surface area contributed by atoms with Gasteiger partial charge in [0.25, 0.3) is 11.8 Å². The van der Waals surface area contributed by atoms with Crippen molar-refractivity contribution in [3.63, 3.8) is 0 Å². The molecule has 1 heterocycles. The van der Waals surface area contributed by atoms with Crippen LogP contribution in [-0.4, -0.2) is 17.8 Å². The van der Waals surface area contributed by atoms with Gasteiger partial charge >= 0.3 is 6.03 Å². The Labute approximate surface area is 211 Å². The molecule has 0 aliphatic carbocycles. The second-order valence-electron chi connectivity index (χ2n) is 7.49. The van der Waals surface area contributed by atoms with Gasteiger partial charge in [0.15, 0.2) is 0 Å². The van der Waals surface area contributed by atoms with Gasteiger partial charge in [-0.1, -0.05) is 34.1 Å². The third kappa shape index (κ3) is 5.10. The zero-order valence-electron chi connectivity index (χ0n) is 17.8. The molecule has 1 aliphatic rings. The molecule has 6 nitrogen and oxygen atoms in total. The number of barbiturate groups is 1. The Morgan fingerprint density at radius 3 is 2.41 bits per heavy atom. The van der Waals surface area contributed by atoms with E-state index in [4.69, 9.17) is 4.74 Å². The first-order chi connectivity index (χ1) is 16.2. The molecule has 4 amide bonds. The minimum absolute atomic E-state index is 0.172. The normalized spacial score (nSPS) is 15.0. The molecule has 1 fully saturated rings. The summed E-state index contributed by atoms with van der Waals surface area (Å²) in [5, 5.41) is 2.22. The minimum Gasteiger partial charge on any atom is -0.488 e. The summed E-state index contributed by atoms with van der Waals surface area (Å²) >= 11 is 6.79. The van der Waals surface area contributed by atoms with E-state index in [-0.39, 0.29) is 18.0 Å². The van der Waals surface area contributed by atoms with Gasteiger partial charge in [-0.15, -0.1) is 0 Å². The van der Waals surface area contributed by atoms with Crippen LogP contribution >= 0.6 is 31.9 Å². The second kappa shape index (κ2) is 9.90. The van der Waals surface area contributed by atoms with Crippen molar-refractivity contribution in [3.05, 3.63) is 97.7 Å². The number of anilines is 1. The van der Waals surface area contributed by atoms with Crippen LogP contribution in [0.4, 0.5) is 14.9 Å². The zero-order chi connectivity index (χ0) is 24.4. The summed E-state index contributed by atoms with van der Waals surface area (Å²) in [6, 6.07) is 15.4. The summed E-state index contributed by atoms with van der Waals surface area (Å²) < 4.78 is 20.2. The number of aryl methyl sites for hydroxylation is 1. The van der Waals surface area contributed by atoms with E-state index in [9.17, 15) is 18.8 Å². The fourth-order valence-corrected chi connectivity index (χ4v) is 4.36. The number of hydrogen-bond donors (Lipinski definition) is 1. The monoisotopic (exact) mass is 586 g/mol. The number of benzene rings is 3. The topological polar surface area (TPSA) is 75.7 Å². The van der Waals surface area contributed by atoms with Crippen LogP contribution in [0.2, 0.25) is 0 Å². The summed E-state index contributed by atoms with van der Waals surface area (Å²) in [7, 11) is 0. The molecule has 172 valence electrons. The molecule has 0 spiro atoms. The number of nitrogens with zero attached hydrogens (tertiary/aromatic N) is 1. The maximum Gasteiger partial charge on any atom is 0.335 e. The fourth-order valence-electron chi connectivity index (χ4n) is 3.38. The van der Waals surface area contributed by atoms with E-state index in [2.05, 4.69) is 37.2 Å². The van der Waals surface area contributed by atoms with Gasteiger partial charge < -0.3 is 4.74 Å². The number of imide groups is 2. The molecular formula is C25H17Br2FN2O4. The van der Waals surface area contributed by atoms with Gasteiger partial charge in [0.2, 0.25) is 0 Å². The van der Waals surface area contributed by atoms with Gasteiger partial charge in [0.1, 0.15) is 23.7 Å². The highest BCUT2D eigenvalue weighted by molar-refractivity contribution is 9.10. The van der Waals surface area contributed by atoms with Gasteiger partial charge in [-0.05, 0) is 88.1 Å². The van der Waals surface area contributed by atoms with Gasteiger partial charge in [0, 0.05) is 4.47 Å². The summed E-state index contributed by atoms with van der Waals surface area (Å²) in [4.78, 5) is 39.0. The van der Waals surface area contributed by atoms with Crippen molar-refractivity contribution in [2.24, 2.45) is 0 Å². The van der Waals surface area contributed by atoms with Crippen molar-refractivity contribution in [2.45, 2.75) is 13.5 Å². The van der Waals surface area contributed by atoms with Crippen LogP contribution in [0.1, 0.15) is 16.7 Å². The van der Waals surface area contributed by atoms with Gasteiger partial charge in [-0.3, -0.25) is 14.9 Å². The molecule has 3 aromatic carbocycles. The molecule has 0 unspecified atom stereocenters. The van der Waals surface area contributed by atoms with E-state index in [1.54, 1.807) is 55.5 Å². The Kier molecular flexibility index (Phi) is 6.95. The molecule has 1 N–H and O–H groups in total. The van der Waals surface area contributed by atoms with Crippen LogP contribution in [-0.2, 0) is 16.2 Å². The number of ether oxygens (including phenoxy) is 1. The first-order valence-corrected chi connectivity index (χ1v) is 11.7. The van der Waals surface area contributed by atoms with Crippen molar-refractivity contribution in [1.82, 2.24) is 5.32 Å². The molecular weight excluding hydrogens is 571 g/mol. The fraction of sp³-hybridized carbons (Fsp3) is 0.0800. The lowest BCUT2D eigenvalue weighted by atomic mass is 10.1. The lowest BCUT2D eigenvalue weighted by molar-refractivity contribution is -0.122. The van der Waals surface area contributed by atoms with E-state index in [1.807, 2.05) is 0 Å². The van der Waals surface area contributed by atoms with Crippen LogP contribution in [0.3, 0.4) is 0 Å². The van der Waals surface area contributed by atoms with E-state index < -0.39 is 17.8 Å². The Morgan fingerprint density at radius 1 is 1.00 bits per heavy atom. The lowest BCUT2D eigenvalue weighted by Gasteiger charge is -2.27. The zero-order valence-corrected chi connectivity index (χ0v) is 20.9. The highest BCUT2D eigenvalue weighted by Gasteiger charge is 2.37. The molecule has 3 aromatic rings. The molecule has 0 radical (unpaired) electrons. The van der Waals surface area contributed by atoms with Gasteiger partial charge in [-0.2, -0.15) is 0 Å². The lowest BCUT2D eigenvalue weighted by Crippen LogP contribution is -2.54. The number of carbonyl (C=O) groups excluding carboxylic acids is 3. The average molecular weight is 588 g/mol. The standard InChI is InChI=1S/C25H17Br2FN2O4/c1-14-10-17(26)5-8-21(14)30-24(32)19(23(31)29-25(30)33)11-16-4-9-22(20(27)12-16)34-13-15-2-6-18(28)7-3-15/h2-12H,13H2,1H3,(H,29,31,33)/b19-11-. The molecule has 1 saturated heterocycles. The van der Waals surface area contributed by atoms with Crippen LogP contribution in [0.5, 0.6) is 5.75 Å². The number of nitrogens with one attached hydrogen (secondary N) is 1. The Hall–Kier alpha value is -3.30. The minimum atomic E-state index is -0.803. The smallest absolute Gasteiger partial charge is 0.335 e. The third-order valence-electron chi connectivity index (χ3n) is 5.08. The highest BCUT2D eigenvalue weighted by atomic mass is 79.9. The first-order valence-electron chi connectivity index (χ1n) is 10.1. The van der Waals surface area contributed by atoms with Crippen molar-refractivity contribution in [2.75, 3.05) is 4.90 Å². The summed E-state index contributed by atoms with van der Waals surface area (Å²) in [5.74, 6) is -1.27. The Balaban J connectivity index is 1.57. The van der Waals surface area contributed by atoms with Crippen molar-refractivity contribution in [3.8, 4) is 5.75 Å². The van der Waals surface area contributed by atoms with Crippen LogP contribution in [0, 0.1) is 12.7 Å². The Morgan fingerprint density at radius 2 is 1.74 bits per heavy atom. The summed E-state index contributed by atoms with van der Waals surface area (Å²) in [5.41, 5.74) is 2.26. The quantitative estimate of drug-likeness (QED) is 0.298. The van der Waals surface area contributed by atoms with E-state index >= 15 is 0 Å². The maximum absolute atomic E-state index is 13.1. The number of carbonyl (C=O) groups is 3. The average Bonchev–Trinajstić information content (AvgIpc) is 2.78. The summed E-state index contributed by atoms with van der Waals surface area (Å²) in [6.07, 6.45) is 1.42. The molecule has 0 aromatic heterocycles. The first kappa shape index (κ1) is 23.8. The van der Waals surface area contributed by atoms with E-state index in [1.165, 1.54) is 18.2 Å². The molecule has 1 aliphatic heterocycles. The number of halogens is 3. The van der Waals surface area contributed by atoms with Crippen molar-refractivity contribution < 1.29 is 23.5 Å². The van der Waals surface area contributed by atoms with E-state index in [0.29, 0.717) is 27.0 Å². The third-order valence-corrected chi connectivity index (χ3v) is 6.19. The predicted octanol–water partition coefficient (Wildman–Crippen LogP) is 5.90. The molecule has 0 bridgehead atoms. The SMILES string of the molecule is Cc1cc(Br)ccc1N1C(=O)NC(=O)/C(=C/c2ccc(OCc3ccc(F)cc3)c(Br)c2)C1=O. The number of amides is 4. The Bertz CT molecular complexity index is 1340. The second-order valence-corrected chi connectivity index (χ2v) is 9.26. The van der Waals surface area contributed by atoms with Crippen LogP contribution in [0.25, 0.3) is 6.08 Å². The molecule has 34 heavy (non-hydrogen) atoms. The predicted molar refractivity (Wildman–Crippen MR) is 133 cm³/mol. The largest absolute Gasteiger partial charge is 0.488 e. The van der Waals surface area contributed by atoms with Crippen LogP contribution < -0.4 is 15.0 Å². The molecule has 0 atom stereocenters. The molecule has 4 rings (SSSR count). The van der Waals surface area contributed by atoms with Gasteiger partial charge in [-0.25, -0.2) is 14.1 Å². The van der Waals surface area contributed by atoms with Crippen LogP contribution in [0.15, 0.2) is 75.2 Å². The molecule has 0 saturated carbocycles. The molecule has 9 heteroatoms. The highest BCUT2D eigenvalue weighted by Crippen LogP contribution is 2.30. The maximum atomic E-state index is 13.1. The van der Waals surface area contributed by atoms with E-state index in [0.717, 1.165) is 14.9 Å². The summed E-state index contributed by atoms with van der Waals surface area (Å²) in [6.45, 7) is 2.01. The van der Waals surface area contributed by atoms with Gasteiger partial charge in [0.05, 0.1) is 10.2 Å². The number of urea groups is 1. The number of rotatable bonds is 5.